The third-order valence-electron chi connectivity index (χ3n) is 4.46. The van der Waals surface area contributed by atoms with Gasteiger partial charge in [0.05, 0.1) is 13.7 Å². The maximum atomic E-state index is 11.7. The fraction of sp³-hybridized carbons (Fsp3) is 0.895. The standard InChI is InChI=1S/C19H34O6/c1-15(2)9-7-5-4-6-8-14-23-19(21)25-17-12-10-16(11-13-17)24-18(20)22-3/h15-17H,4-14H2,1-3H3. The van der Waals surface area contributed by atoms with Crippen LogP contribution in [-0.2, 0) is 18.9 Å². The van der Waals surface area contributed by atoms with Gasteiger partial charge >= 0.3 is 12.3 Å². The van der Waals surface area contributed by atoms with Crippen LogP contribution in [0, 0.1) is 5.92 Å². The third kappa shape index (κ3) is 10.9. The molecule has 0 bridgehead atoms. The molecule has 6 nitrogen and oxygen atoms in total. The van der Waals surface area contributed by atoms with Crippen LogP contribution < -0.4 is 0 Å². The molecule has 0 saturated heterocycles. The van der Waals surface area contributed by atoms with Gasteiger partial charge in [0, 0.05) is 0 Å². The van der Waals surface area contributed by atoms with E-state index in [1.165, 1.54) is 32.8 Å². The van der Waals surface area contributed by atoms with Gasteiger partial charge in [-0.25, -0.2) is 9.59 Å². The Kier molecular flexibility index (Phi) is 11.1. The van der Waals surface area contributed by atoms with Crippen molar-refractivity contribution in [3.05, 3.63) is 0 Å². The first kappa shape index (κ1) is 21.6. The average molecular weight is 358 g/mol. The minimum Gasteiger partial charge on any atom is -0.438 e. The van der Waals surface area contributed by atoms with Crippen LogP contribution >= 0.6 is 0 Å². The number of ether oxygens (including phenoxy) is 4. The van der Waals surface area contributed by atoms with Crippen LogP contribution in [0.4, 0.5) is 9.59 Å². The van der Waals surface area contributed by atoms with Gasteiger partial charge in [0.25, 0.3) is 0 Å². The van der Waals surface area contributed by atoms with Gasteiger partial charge in [-0.15, -0.1) is 0 Å². The molecule has 0 aromatic rings. The van der Waals surface area contributed by atoms with Crippen LogP contribution in [0.2, 0.25) is 0 Å². The van der Waals surface area contributed by atoms with Crippen LogP contribution in [0.25, 0.3) is 0 Å². The van der Waals surface area contributed by atoms with Gasteiger partial charge in [-0.1, -0.05) is 46.0 Å². The zero-order valence-electron chi connectivity index (χ0n) is 16.0. The maximum absolute atomic E-state index is 11.7. The van der Waals surface area contributed by atoms with Crippen molar-refractivity contribution >= 4 is 12.3 Å². The molecule has 1 fully saturated rings. The van der Waals surface area contributed by atoms with Crippen LogP contribution in [0.5, 0.6) is 0 Å². The average Bonchev–Trinajstić information content (AvgIpc) is 2.58. The Morgan fingerprint density at radius 1 is 0.840 bits per heavy atom. The SMILES string of the molecule is COC(=O)OC1CCC(OC(=O)OCCCCCCCC(C)C)CC1. The van der Waals surface area contributed by atoms with Crippen LogP contribution in [0.3, 0.4) is 0 Å². The molecule has 0 amide bonds. The summed E-state index contributed by atoms with van der Waals surface area (Å²) in [7, 11) is 1.29. The van der Waals surface area contributed by atoms with E-state index in [1.54, 1.807) is 0 Å². The Labute approximate surface area is 151 Å². The molecular weight excluding hydrogens is 324 g/mol. The molecule has 0 unspecified atom stereocenters. The summed E-state index contributed by atoms with van der Waals surface area (Å²) < 4.78 is 20.0. The Balaban J connectivity index is 1.98. The summed E-state index contributed by atoms with van der Waals surface area (Å²) >= 11 is 0. The number of hydrogen-bond donors (Lipinski definition) is 0. The van der Waals surface area contributed by atoms with Crippen LogP contribution in [0.15, 0.2) is 0 Å². The number of unbranched alkanes of at least 4 members (excludes halogenated alkanes) is 4. The molecule has 0 radical (unpaired) electrons. The number of rotatable bonds is 10. The molecule has 0 spiro atoms. The van der Waals surface area contributed by atoms with E-state index < -0.39 is 12.3 Å². The van der Waals surface area contributed by atoms with Gasteiger partial charge in [-0.2, -0.15) is 0 Å². The van der Waals surface area contributed by atoms with Crippen molar-refractivity contribution in [2.75, 3.05) is 13.7 Å². The Morgan fingerprint density at radius 3 is 1.92 bits per heavy atom. The highest BCUT2D eigenvalue weighted by atomic mass is 16.7. The minimum absolute atomic E-state index is 0.152. The summed E-state index contributed by atoms with van der Waals surface area (Å²) in [6.07, 6.45) is 8.11. The van der Waals surface area contributed by atoms with Gasteiger partial charge in [0.15, 0.2) is 0 Å². The van der Waals surface area contributed by atoms with E-state index in [-0.39, 0.29) is 12.2 Å². The second-order valence-corrected chi connectivity index (χ2v) is 7.14. The topological polar surface area (TPSA) is 71.1 Å². The molecular formula is C19H34O6. The molecule has 0 atom stereocenters. The van der Waals surface area contributed by atoms with Crippen molar-refractivity contribution in [2.45, 2.75) is 90.3 Å². The van der Waals surface area contributed by atoms with Crippen molar-refractivity contribution in [2.24, 2.45) is 5.92 Å². The lowest BCUT2D eigenvalue weighted by Crippen LogP contribution is -2.30. The normalized spacial score (nSPS) is 20.2. The van der Waals surface area contributed by atoms with E-state index >= 15 is 0 Å². The molecule has 0 aliphatic heterocycles. The van der Waals surface area contributed by atoms with E-state index in [9.17, 15) is 9.59 Å². The van der Waals surface area contributed by atoms with Gasteiger partial charge in [0.2, 0.25) is 0 Å². The smallest absolute Gasteiger partial charge is 0.438 e. The zero-order chi connectivity index (χ0) is 18.5. The highest BCUT2D eigenvalue weighted by Crippen LogP contribution is 2.24. The van der Waals surface area contributed by atoms with Crippen molar-refractivity contribution in [1.82, 2.24) is 0 Å². The summed E-state index contributed by atoms with van der Waals surface area (Å²) in [5.74, 6) is 0.778. The fourth-order valence-electron chi connectivity index (χ4n) is 2.96. The number of carbonyl (C=O) groups is 2. The molecule has 1 aliphatic rings. The minimum atomic E-state index is -0.659. The molecule has 146 valence electrons. The molecule has 1 aliphatic carbocycles. The number of hydrogen-bond acceptors (Lipinski definition) is 6. The molecule has 0 aromatic carbocycles. The quantitative estimate of drug-likeness (QED) is 0.393. The fourth-order valence-corrected chi connectivity index (χ4v) is 2.96. The van der Waals surface area contributed by atoms with Gasteiger partial charge in [-0.05, 0) is 38.0 Å². The van der Waals surface area contributed by atoms with Crippen LogP contribution in [-0.4, -0.2) is 38.2 Å². The largest absolute Gasteiger partial charge is 0.508 e. The first-order chi connectivity index (χ1) is 12.0. The van der Waals surface area contributed by atoms with E-state index in [0.717, 1.165) is 18.8 Å². The van der Waals surface area contributed by atoms with E-state index in [4.69, 9.17) is 14.2 Å². The molecule has 25 heavy (non-hydrogen) atoms. The Bertz CT molecular complexity index is 374. The van der Waals surface area contributed by atoms with Crippen molar-refractivity contribution in [3.8, 4) is 0 Å². The molecule has 0 N–H and O–H groups in total. The lowest BCUT2D eigenvalue weighted by Gasteiger charge is -2.27. The molecule has 1 saturated carbocycles. The first-order valence-electron chi connectivity index (χ1n) is 9.59. The van der Waals surface area contributed by atoms with Crippen molar-refractivity contribution < 1.29 is 28.5 Å². The van der Waals surface area contributed by atoms with E-state index in [2.05, 4.69) is 18.6 Å². The van der Waals surface area contributed by atoms with Gasteiger partial charge < -0.3 is 18.9 Å². The van der Waals surface area contributed by atoms with Crippen molar-refractivity contribution in [1.29, 1.82) is 0 Å². The monoisotopic (exact) mass is 358 g/mol. The third-order valence-corrected chi connectivity index (χ3v) is 4.46. The predicted molar refractivity (Wildman–Crippen MR) is 94.5 cm³/mol. The summed E-state index contributed by atoms with van der Waals surface area (Å²) in [5.41, 5.74) is 0. The predicted octanol–water partition coefficient (Wildman–Crippen LogP) is 5.23. The Morgan fingerprint density at radius 2 is 1.36 bits per heavy atom. The maximum Gasteiger partial charge on any atom is 0.508 e. The van der Waals surface area contributed by atoms with Crippen LogP contribution in [0.1, 0.15) is 78.1 Å². The second kappa shape index (κ2) is 12.8. The zero-order valence-corrected chi connectivity index (χ0v) is 16.0. The van der Waals surface area contributed by atoms with Gasteiger partial charge in [0.1, 0.15) is 12.2 Å². The molecule has 6 heteroatoms. The number of carbonyl (C=O) groups excluding carboxylic acids is 2. The van der Waals surface area contributed by atoms with Gasteiger partial charge in [-0.3, -0.25) is 0 Å². The lowest BCUT2D eigenvalue weighted by molar-refractivity contribution is -0.0230. The summed E-state index contributed by atoms with van der Waals surface area (Å²) in [6, 6.07) is 0. The second-order valence-electron chi connectivity index (χ2n) is 7.14. The number of methoxy groups -OCH3 is 1. The summed E-state index contributed by atoms with van der Waals surface area (Å²) in [4.78, 5) is 22.7. The molecule has 1 rings (SSSR count). The molecule has 0 heterocycles. The summed E-state index contributed by atoms with van der Waals surface area (Å²) in [6.45, 7) is 4.92. The summed E-state index contributed by atoms with van der Waals surface area (Å²) in [5, 5.41) is 0. The Hall–Kier alpha value is -1.46. The first-order valence-corrected chi connectivity index (χ1v) is 9.59. The van der Waals surface area contributed by atoms with E-state index in [0.29, 0.717) is 32.3 Å². The highest BCUT2D eigenvalue weighted by molar-refractivity contribution is 5.60. The highest BCUT2D eigenvalue weighted by Gasteiger charge is 2.26. The lowest BCUT2D eigenvalue weighted by atomic mass is 9.95. The molecule has 0 aromatic heterocycles. The van der Waals surface area contributed by atoms with Crippen molar-refractivity contribution in [3.63, 3.8) is 0 Å². The van der Waals surface area contributed by atoms with E-state index in [1.807, 2.05) is 0 Å².